The first-order valence-corrected chi connectivity index (χ1v) is 6.90. The van der Waals surface area contributed by atoms with Crippen LogP contribution in [0.1, 0.15) is 24.1 Å². The van der Waals surface area contributed by atoms with Gasteiger partial charge in [-0.1, -0.05) is 23.7 Å². The zero-order chi connectivity index (χ0) is 14.5. The van der Waals surface area contributed by atoms with Crippen LogP contribution >= 0.6 is 11.6 Å². The average molecular weight is 294 g/mol. The molecule has 0 spiro atoms. The molecule has 0 aliphatic carbocycles. The van der Waals surface area contributed by atoms with E-state index in [1.165, 1.54) is 23.8 Å². The normalized spacial score (nSPS) is 12.3. The van der Waals surface area contributed by atoms with Crippen LogP contribution in [0.15, 0.2) is 42.5 Å². The fourth-order valence-corrected chi connectivity index (χ4v) is 2.19. The van der Waals surface area contributed by atoms with E-state index in [0.717, 1.165) is 18.0 Å². The van der Waals surface area contributed by atoms with Gasteiger partial charge in [-0.15, -0.1) is 0 Å². The Kier molecular flexibility index (Phi) is 4.99. The number of hydrogen-bond acceptors (Lipinski definition) is 2. The van der Waals surface area contributed by atoms with Crippen LogP contribution in [-0.4, -0.2) is 11.7 Å². The van der Waals surface area contributed by atoms with Crippen molar-refractivity contribution < 1.29 is 9.50 Å². The first-order valence-electron chi connectivity index (χ1n) is 6.52. The molecule has 0 heterocycles. The van der Waals surface area contributed by atoms with Crippen LogP contribution in [0.25, 0.3) is 0 Å². The van der Waals surface area contributed by atoms with Gasteiger partial charge in [-0.05, 0) is 55.8 Å². The lowest BCUT2D eigenvalue weighted by molar-refractivity contribution is 0.450. The molecule has 0 bridgehead atoms. The predicted octanol–water partition coefficient (Wildman–Crippen LogP) is 4.08. The minimum atomic E-state index is -0.343. The number of benzene rings is 2. The van der Waals surface area contributed by atoms with Crippen LogP contribution in [0.4, 0.5) is 4.39 Å². The summed E-state index contributed by atoms with van der Waals surface area (Å²) in [6.45, 7) is 2.63. The van der Waals surface area contributed by atoms with Gasteiger partial charge < -0.3 is 10.4 Å². The summed E-state index contributed by atoms with van der Waals surface area (Å²) in [6.07, 6.45) is 0.845. The molecule has 0 radical (unpaired) electrons. The maximum Gasteiger partial charge on any atom is 0.123 e. The third-order valence-corrected chi connectivity index (χ3v) is 3.49. The largest absolute Gasteiger partial charge is 0.508 e. The third kappa shape index (κ3) is 3.95. The summed E-state index contributed by atoms with van der Waals surface area (Å²) in [4.78, 5) is 0. The number of aromatic hydroxyl groups is 1. The average Bonchev–Trinajstić information content (AvgIpc) is 2.43. The molecular weight excluding hydrogens is 277 g/mol. The van der Waals surface area contributed by atoms with Gasteiger partial charge in [0.1, 0.15) is 11.6 Å². The predicted molar refractivity (Wildman–Crippen MR) is 79.6 cm³/mol. The first-order chi connectivity index (χ1) is 9.56. The van der Waals surface area contributed by atoms with E-state index in [2.05, 4.69) is 5.32 Å². The van der Waals surface area contributed by atoms with Gasteiger partial charge in [-0.2, -0.15) is 0 Å². The Morgan fingerprint density at radius 1 is 1.20 bits per heavy atom. The second-order valence-corrected chi connectivity index (χ2v) is 5.19. The number of phenols is 1. The highest BCUT2D eigenvalue weighted by molar-refractivity contribution is 6.30. The molecule has 0 aliphatic rings. The Labute approximate surface area is 123 Å². The molecule has 4 heteroatoms. The molecule has 0 aromatic heterocycles. The lowest BCUT2D eigenvalue weighted by Gasteiger charge is -2.15. The van der Waals surface area contributed by atoms with E-state index in [1.54, 1.807) is 0 Å². The van der Waals surface area contributed by atoms with Crippen molar-refractivity contribution in [3.05, 3.63) is 64.4 Å². The first kappa shape index (κ1) is 14.8. The summed E-state index contributed by atoms with van der Waals surface area (Å²) in [5.41, 5.74) is 1.75. The summed E-state index contributed by atoms with van der Waals surface area (Å²) < 4.78 is 13.2. The molecule has 0 aliphatic heterocycles. The van der Waals surface area contributed by atoms with Crippen molar-refractivity contribution in [1.82, 2.24) is 5.32 Å². The summed E-state index contributed by atoms with van der Waals surface area (Å²) in [6, 6.07) is 11.6. The number of nitrogens with one attached hydrogen (secondary N) is 1. The molecule has 2 aromatic carbocycles. The molecule has 0 fully saturated rings. The van der Waals surface area contributed by atoms with Crippen molar-refractivity contribution in [3.63, 3.8) is 0 Å². The second-order valence-electron chi connectivity index (χ2n) is 4.76. The summed E-state index contributed by atoms with van der Waals surface area (Å²) in [7, 11) is 0. The van der Waals surface area contributed by atoms with Crippen LogP contribution < -0.4 is 5.32 Å². The van der Waals surface area contributed by atoms with Crippen LogP contribution in [0.3, 0.4) is 0 Å². The maximum atomic E-state index is 13.2. The van der Waals surface area contributed by atoms with Gasteiger partial charge in [0.25, 0.3) is 0 Å². The molecule has 1 atom stereocenters. The van der Waals surface area contributed by atoms with Gasteiger partial charge in [0.2, 0.25) is 0 Å². The molecule has 0 saturated heterocycles. The van der Waals surface area contributed by atoms with Crippen molar-refractivity contribution in [3.8, 4) is 5.75 Å². The molecule has 2 rings (SSSR count). The molecule has 0 amide bonds. The van der Waals surface area contributed by atoms with Gasteiger partial charge in [0, 0.05) is 16.6 Å². The zero-order valence-electron chi connectivity index (χ0n) is 11.2. The Hall–Kier alpha value is -1.58. The fourth-order valence-electron chi connectivity index (χ4n) is 2.07. The number of phenolic OH excluding ortho intramolecular Hbond substituents is 1. The van der Waals surface area contributed by atoms with Crippen LogP contribution in [0.2, 0.25) is 5.02 Å². The second kappa shape index (κ2) is 6.73. The highest BCUT2D eigenvalue weighted by atomic mass is 35.5. The van der Waals surface area contributed by atoms with E-state index in [1.807, 2.05) is 31.2 Å². The summed E-state index contributed by atoms with van der Waals surface area (Å²) in [5, 5.41) is 13.7. The lowest BCUT2D eigenvalue weighted by atomic mass is 10.1. The fraction of sp³-hybridized carbons (Fsp3) is 0.250. The maximum absolute atomic E-state index is 13.2. The molecule has 0 saturated carbocycles. The standard InChI is InChI=1S/C16H17ClFNO/c1-11(15-10-14(18)6-7-16(15)20)19-9-8-12-2-4-13(17)5-3-12/h2-7,10-11,19-20H,8-9H2,1H3. The number of hydrogen-bond donors (Lipinski definition) is 2. The zero-order valence-corrected chi connectivity index (χ0v) is 12.0. The third-order valence-electron chi connectivity index (χ3n) is 3.23. The topological polar surface area (TPSA) is 32.3 Å². The Morgan fingerprint density at radius 3 is 2.60 bits per heavy atom. The van der Waals surface area contributed by atoms with E-state index >= 15 is 0 Å². The Morgan fingerprint density at radius 2 is 1.90 bits per heavy atom. The van der Waals surface area contributed by atoms with Crippen LogP contribution in [-0.2, 0) is 6.42 Å². The summed E-state index contributed by atoms with van der Waals surface area (Å²) in [5.74, 6) is -0.234. The monoisotopic (exact) mass is 293 g/mol. The molecular formula is C16H17ClFNO. The van der Waals surface area contributed by atoms with E-state index in [4.69, 9.17) is 11.6 Å². The van der Waals surface area contributed by atoms with Crippen molar-refractivity contribution in [2.75, 3.05) is 6.54 Å². The minimum absolute atomic E-state index is 0.109. The van der Waals surface area contributed by atoms with E-state index < -0.39 is 0 Å². The minimum Gasteiger partial charge on any atom is -0.508 e. The van der Waals surface area contributed by atoms with Gasteiger partial charge >= 0.3 is 0 Å². The van der Waals surface area contributed by atoms with Crippen LogP contribution in [0.5, 0.6) is 5.75 Å². The van der Waals surface area contributed by atoms with Gasteiger partial charge in [0.05, 0.1) is 0 Å². The SMILES string of the molecule is CC(NCCc1ccc(Cl)cc1)c1cc(F)ccc1O. The van der Waals surface area contributed by atoms with Crippen molar-refractivity contribution in [2.45, 2.75) is 19.4 Å². The van der Waals surface area contributed by atoms with Gasteiger partial charge in [-0.25, -0.2) is 4.39 Å². The Bertz CT molecular complexity index is 571. The molecule has 20 heavy (non-hydrogen) atoms. The van der Waals surface area contributed by atoms with E-state index in [0.29, 0.717) is 5.56 Å². The van der Waals surface area contributed by atoms with E-state index in [9.17, 15) is 9.50 Å². The molecule has 2 aromatic rings. The molecule has 2 nitrogen and oxygen atoms in total. The molecule has 1 unspecified atom stereocenters. The van der Waals surface area contributed by atoms with E-state index in [-0.39, 0.29) is 17.6 Å². The van der Waals surface area contributed by atoms with Gasteiger partial charge in [0.15, 0.2) is 0 Å². The summed E-state index contributed by atoms with van der Waals surface area (Å²) >= 11 is 5.83. The van der Waals surface area contributed by atoms with Crippen LogP contribution in [0, 0.1) is 5.82 Å². The Balaban J connectivity index is 1.90. The van der Waals surface area contributed by atoms with Crippen molar-refractivity contribution in [1.29, 1.82) is 0 Å². The molecule has 106 valence electrons. The smallest absolute Gasteiger partial charge is 0.123 e. The number of rotatable bonds is 5. The van der Waals surface area contributed by atoms with Crippen molar-refractivity contribution >= 4 is 11.6 Å². The highest BCUT2D eigenvalue weighted by Crippen LogP contribution is 2.24. The lowest BCUT2D eigenvalue weighted by Crippen LogP contribution is -2.21. The van der Waals surface area contributed by atoms with Gasteiger partial charge in [-0.3, -0.25) is 0 Å². The number of halogens is 2. The quantitative estimate of drug-likeness (QED) is 0.871. The molecule has 2 N–H and O–H groups in total. The highest BCUT2D eigenvalue weighted by Gasteiger charge is 2.10. The van der Waals surface area contributed by atoms with Crippen molar-refractivity contribution in [2.24, 2.45) is 0 Å².